The molecule has 0 aliphatic heterocycles. The highest BCUT2D eigenvalue weighted by atomic mass is 79.9. The standard InChI is InChI=1S/C13H11BrFNO3/c1-7-4-9(14)10(15)5-11(7)16-6-8-2-3-12(19-8)13(17)18/h2-5,16H,6H2,1H3,(H,17,18). The highest BCUT2D eigenvalue weighted by Gasteiger charge is 2.10. The van der Waals surface area contributed by atoms with Gasteiger partial charge in [-0.05, 0) is 52.7 Å². The summed E-state index contributed by atoms with van der Waals surface area (Å²) in [6, 6.07) is 6.00. The molecule has 2 N–H and O–H groups in total. The number of hydrogen-bond donors (Lipinski definition) is 2. The molecule has 0 spiro atoms. The number of carbonyl (C=O) groups is 1. The molecular weight excluding hydrogens is 317 g/mol. The number of aromatic carboxylic acids is 1. The van der Waals surface area contributed by atoms with E-state index in [0.29, 0.717) is 15.9 Å². The van der Waals surface area contributed by atoms with Gasteiger partial charge in [0.25, 0.3) is 0 Å². The second-order valence-electron chi connectivity index (χ2n) is 4.01. The molecule has 0 fully saturated rings. The topological polar surface area (TPSA) is 62.5 Å². The van der Waals surface area contributed by atoms with Gasteiger partial charge in [-0.25, -0.2) is 9.18 Å². The number of hydrogen-bond acceptors (Lipinski definition) is 3. The van der Waals surface area contributed by atoms with Crippen LogP contribution in [0.5, 0.6) is 0 Å². The third kappa shape index (κ3) is 3.14. The lowest BCUT2D eigenvalue weighted by Crippen LogP contribution is -2.01. The summed E-state index contributed by atoms with van der Waals surface area (Å²) in [5.41, 5.74) is 1.51. The molecule has 4 nitrogen and oxygen atoms in total. The molecule has 0 aliphatic rings. The maximum Gasteiger partial charge on any atom is 0.371 e. The molecule has 1 heterocycles. The smallest absolute Gasteiger partial charge is 0.371 e. The van der Waals surface area contributed by atoms with Crippen molar-refractivity contribution in [1.29, 1.82) is 0 Å². The Kier molecular flexibility index (Phi) is 3.90. The molecule has 1 aromatic carbocycles. The third-order valence-electron chi connectivity index (χ3n) is 2.59. The normalized spacial score (nSPS) is 10.5. The van der Waals surface area contributed by atoms with Gasteiger partial charge in [-0.3, -0.25) is 0 Å². The van der Waals surface area contributed by atoms with Crippen molar-refractivity contribution in [3.05, 3.63) is 51.6 Å². The second-order valence-corrected chi connectivity index (χ2v) is 4.86. The Balaban J connectivity index is 2.09. The molecule has 0 radical (unpaired) electrons. The quantitative estimate of drug-likeness (QED) is 0.896. The van der Waals surface area contributed by atoms with Crippen molar-refractivity contribution < 1.29 is 18.7 Å². The molecule has 1 aromatic heterocycles. The minimum Gasteiger partial charge on any atom is -0.475 e. The number of nitrogens with one attached hydrogen (secondary N) is 1. The van der Waals surface area contributed by atoms with Crippen LogP contribution in [0.4, 0.5) is 10.1 Å². The zero-order valence-electron chi connectivity index (χ0n) is 10.0. The van der Waals surface area contributed by atoms with Gasteiger partial charge in [-0.15, -0.1) is 0 Å². The minimum absolute atomic E-state index is 0.115. The number of aryl methyl sites for hydroxylation is 1. The van der Waals surface area contributed by atoms with Gasteiger partial charge in [0, 0.05) is 5.69 Å². The lowest BCUT2D eigenvalue weighted by atomic mass is 10.2. The van der Waals surface area contributed by atoms with Crippen molar-refractivity contribution >= 4 is 27.6 Å². The fraction of sp³-hybridized carbons (Fsp3) is 0.154. The number of furan rings is 1. The number of anilines is 1. The third-order valence-corrected chi connectivity index (χ3v) is 3.20. The van der Waals surface area contributed by atoms with Crippen LogP contribution >= 0.6 is 15.9 Å². The Bertz CT molecular complexity index is 624. The highest BCUT2D eigenvalue weighted by Crippen LogP contribution is 2.24. The summed E-state index contributed by atoms with van der Waals surface area (Å²) in [4.78, 5) is 10.7. The van der Waals surface area contributed by atoms with E-state index in [1.807, 2.05) is 6.92 Å². The van der Waals surface area contributed by atoms with E-state index in [1.54, 1.807) is 12.1 Å². The SMILES string of the molecule is Cc1cc(Br)c(F)cc1NCc1ccc(C(=O)O)o1. The monoisotopic (exact) mass is 327 g/mol. The average Bonchev–Trinajstić information content (AvgIpc) is 2.81. The Morgan fingerprint density at radius 2 is 2.21 bits per heavy atom. The Labute approximate surface area is 117 Å². The molecular formula is C13H11BrFNO3. The van der Waals surface area contributed by atoms with Gasteiger partial charge in [0.15, 0.2) is 0 Å². The van der Waals surface area contributed by atoms with Crippen LogP contribution < -0.4 is 5.32 Å². The van der Waals surface area contributed by atoms with Gasteiger partial charge in [-0.1, -0.05) is 0 Å². The van der Waals surface area contributed by atoms with Gasteiger partial charge < -0.3 is 14.8 Å². The summed E-state index contributed by atoms with van der Waals surface area (Å²) in [5, 5.41) is 11.7. The predicted molar refractivity (Wildman–Crippen MR) is 71.8 cm³/mol. The zero-order valence-corrected chi connectivity index (χ0v) is 11.6. The van der Waals surface area contributed by atoms with E-state index in [4.69, 9.17) is 9.52 Å². The van der Waals surface area contributed by atoms with Crippen molar-refractivity contribution in [3.8, 4) is 0 Å². The fourth-order valence-electron chi connectivity index (χ4n) is 1.61. The van der Waals surface area contributed by atoms with E-state index in [0.717, 1.165) is 5.56 Å². The molecule has 0 aliphatic carbocycles. The first-order chi connectivity index (χ1) is 8.97. The van der Waals surface area contributed by atoms with E-state index in [-0.39, 0.29) is 18.1 Å². The van der Waals surface area contributed by atoms with Gasteiger partial charge in [0.1, 0.15) is 11.6 Å². The number of rotatable bonds is 4. The number of halogens is 2. The Morgan fingerprint density at radius 1 is 1.47 bits per heavy atom. The highest BCUT2D eigenvalue weighted by molar-refractivity contribution is 9.10. The van der Waals surface area contributed by atoms with Crippen LogP contribution in [0, 0.1) is 12.7 Å². The maximum atomic E-state index is 13.4. The minimum atomic E-state index is -1.11. The molecule has 100 valence electrons. The van der Waals surface area contributed by atoms with Gasteiger partial charge in [-0.2, -0.15) is 0 Å². The van der Waals surface area contributed by atoms with Crippen molar-refractivity contribution in [3.63, 3.8) is 0 Å². The van der Waals surface area contributed by atoms with E-state index >= 15 is 0 Å². The van der Waals surface area contributed by atoms with Crippen molar-refractivity contribution in [2.75, 3.05) is 5.32 Å². The largest absolute Gasteiger partial charge is 0.475 e. The van der Waals surface area contributed by atoms with Crippen LogP contribution in [0.1, 0.15) is 21.9 Å². The first-order valence-corrected chi connectivity index (χ1v) is 6.28. The molecule has 6 heteroatoms. The number of carboxylic acid groups (broad SMARTS) is 1. The second kappa shape index (κ2) is 5.44. The summed E-state index contributed by atoms with van der Waals surface area (Å²) in [5.74, 6) is -1.12. The van der Waals surface area contributed by atoms with E-state index in [2.05, 4.69) is 21.2 Å². The Morgan fingerprint density at radius 3 is 2.84 bits per heavy atom. The van der Waals surface area contributed by atoms with Gasteiger partial charge in [0.2, 0.25) is 5.76 Å². The first-order valence-electron chi connectivity index (χ1n) is 5.49. The summed E-state index contributed by atoms with van der Waals surface area (Å²) >= 11 is 3.11. The van der Waals surface area contributed by atoms with Crippen molar-refractivity contribution in [2.45, 2.75) is 13.5 Å². The van der Waals surface area contributed by atoms with Crippen LogP contribution in [0.25, 0.3) is 0 Å². The summed E-state index contributed by atoms with van der Waals surface area (Å²) in [7, 11) is 0. The lowest BCUT2D eigenvalue weighted by Gasteiger charge is -2.09. The Hall–Kier alpha value is -1.82. The van der Waals surface area contributed by atoms with E-state index in [1.165, 1.54) is 12.1 Å². The maximum absolute atomic E-state index is 13.4. The van der Waals surface area contributed by atoms with Crippen LogP contribution in [0.15, 0.2) is 33.2 Å². The molecule has 0 atom stereocenters. The van der Waals surface area contributed by atoms with Crippen LogP contribution in [-0.2, 0) is 6.54 Å². The molecule has 19 heavy (non-hydrogen) atoms. The summed E-state index contributed by atoms with van der Waals surface area (Å²) in [6.07, 6.45) is 0. The van der Waals surface area contributed by atoms with Crippen molar-refractivity contribution in [2.24, 2.45) is 0 Å². The summed E-state index contributed by atoms with van der Waals surface area (Å²) < 4.78 is 18.9. The number of benzene rings is 1. The zero-order chi connectivity index (χ0) is 14.0. The average molecular weight is 328 g/mol. The molecule has 0 amide bonds. The molecule has 0 unspecified atom stereocenters. The van der Waals surface area contributed by atoms with Crippen LogP contribution in [0.2, 0.25) is 0 Å². The number of carboxylic acids is 1. The van der Waals surface area contributed by atoms with Crippen LogP contribution in [0.3, 0.4) is 0 Å². The van der Waals surface area contributed by atoms with E-state index in [9.17, 15) is 9.18 Å². The molecule has 2 aromatic rings. The van der Waals surface area contributed by atoms with Gasteiger partial charge >= 0.3 is 5.97 Å². The van der Waals surface area contributed by atoms with Gasteiger partial charge in [0.05, 0.1) is 11.0 Å². The van der Waals surface area contributed by atoms with Crippen LogP contribution in [-0.4, -0.2) is 11.1 Å². The lowest BCUT2D eigenvalue weighted by molar-refractivity contribution is 0.0660. The summed E-state index contributed by atoms with van der Waals surface area (Å²) in [6.45, 7) is 2.13. The first kappa shape index (κ1) is 13.6. The molecule has 2 rings (SSSR count). The van der Waals surface area contributed by atoms with Crippen molar-refractivity contribution in [1.82, 2.24) is 0 Å². The van der Waals surface area contributed by atoms with E-state index < -0.39 is 5.97 Å². The fourth-order valence-corrected chi connectivity index (χ4v) is 2.06. The predicted octanol–water partition coefficient (Wildman–Crippen LogP) is 3.80. The molecule has 0 saturated heterocycles. The molecule has 0 saturated carbocycles. The molecule has 0 bridgehead atoms.